The lowest BCUT2D eigenvalue weighted by Crippen LogP contribution is -2.06. The average Bonchev–Trinajstić information content (AvgIpc) is 3.34. The molecule has 0 amide bonds. The Morgan fingerprint density at radius 3 is 2.00 bits per heavy atom. The van der Waals surface area contributed by atoms with Crippen LogP contribution in [0.15, 0.2) is 30.8 Å². The van der Waals surface area contributed by atoms with Crippen molar-refractivity contribution in [1.29, 1.82) is 0 Å². The van der Waals surface area contributed by atoms with Crippen LogP contribution >= 0.6 is 0 Å². The van der Waals surface area contributed by atoms with E-state index in [0.29, 0.717) is 17.8 Å². The summed E-state index contributed by atoms with van der Waals surface area (Å²) in [6, 6.07) is 6.87. The third kappa shape index (κ3) is 5.81. The van der Waals surface area contributed by atoms with E-state index in [9.17, 15) is 0 Å². The fourth-order valence-electron chi connectivity index (χ4n) is 1.46. The fraction of sp³-hybridized carbons (Fsp3) is 0.467. The summed E-state index contributed by atoms with van der Waals surface area (Å²) in [7, 11) is 0. The first-order valence-corrected chi connectivity index (χ1v) is 6.58. The molecule has 2 atom stereocenters. The lowest BCUT2D eigenvalue weighted by atomic mass is 10.1. The molecule has 0 aliphatic carbocycles. The molecule has 2 unspecified atom stereocenters. The van der Waals surface area contributed by atoms with Crippen LogP contribution in [0.2, 0.25) is 0 Å². The molecule has 1 aromatic rings. The van der Waals surface area contributed by atoms with E-state index in [4.69, 9.17) is 24.4 Å². The highest BCUT2D eigenvalue weighted by Crippen LogP contribution is 2.12. The van der Waals surface area contributed by atoms with E-state index >= 15 is 0 Å². The highest BCUT2D eigenvalue weighted by Gasteiger charge is 2.26. The Kier molecular flexibility index (Phi) is 5.70. The Bertz CT molecular complexity index is 395. The van der Waals surface area contributed by atoms with Gasteiger partial charge in [-0.25, -0.2) is 0 Å². The average molecular weight is 280 g/mol. The third-order valence-corrected chi connectivity index (χ3v) is 2.88. The van der Waals surface area contributed by atoms with Crippen LogP contribution < -0.4 is 0 Å². The summed E-state index contributed by atoms with van der Waals surface area (Å²) in [5.41, 5.74) is 1.46. The Morgan fingerprint density at radius 1 is 1.15 bits per heavy atom. The van der Waals surface area contributed by atoms with Gasteiger partial charge in [-0.05, 0) is 5.56 Å². The van der Waals surface area contributed by atoms with E-state index in [2.05, 4.69) is 6.58 Å². The molecule has 2 fully saturated rings. The molecular formula is C15H20O5. The van der Waals surface area contributed by atoms with Gasteiger partial charge >= 0.3 is 0 Å². The van der Waals surface area contributed by atoms with Gasteiger partial charge in [0.25, 0.3) is 0 Å². The monoisotopic (exact) mass is 280 g/mol. The molecule has 0 aromatic heterocycles. The van der Waals surface area contributed by atoms with E-state index in [0.717, 1.165) is 32.0 Å². The molecular weight excluding hydrogens is 260 g/mol. The van der Waals surface area contributed by atoms with Gasteiger partial charge in [-0.15, -0.1) is 0 Å². The number of benzene rings is 1. The van der Waals surface area contributed by atoms with Crippen LogP contribution in [0, 0.1) is 0 Å². The summed E-state index contributed by atoms with van der Waals surface area (Å²) in [5.74, 6) is 0. The van der Waals surface area contributed by atoms with Crippen LogP contribution in [0.5, 0.6) is 0 Å². The van der Waals surface area contributed by atoms with Crippen molar-refractivity contribution in [2.24, 2.45) is 0 Å². The molecule has 2 heterocycles. The molecule has 3 rings (SSSR count). The van der Waals surface area contributed by atoms with Gasteiger partial charge in [0, 0.05) is 5.56 Å². The predicted molar refractivity (Wildman–Crippen MR) is 74.0 cm³/mol. The van der Waals surface area contributed by atoms with Gasteiger partial charge in [0.15, 0.2) is 6.29 Å². The van der Waals surface area contributed by atoms with Crippen molar-refractivity contribution in [3.63, 3.8) is 0 Å². The van der Waals surface area contributed by atoms with Crippen LogP contribution in [-0.4, -0.2) is 48.8 Å². The molecule has 1 aromatic carbocycles. The summed E-state index contributed by atoms with van der Waals surface area (Å²) < 4.78 is 15.1. The standard InChI is InChI=1S/C9H10O2.C6H10O3/c1-2-7-3-5-8(6-4-7)9(10)11;1(5-3-8-5)7-2-6-4-9-6/h2-6,9-11H,1H2;5-6H,1-4H2. The Hall–Kier alpha value is -1.24. The van der Waals surface area contributed by atoms with Gasteiger partial charge in [-0.2, -0.15) is 0 Å². The fourth-order valence-corrected chi connectivity index (χ4v) is 1.46. The van der Waals surface area contributed by atoms with Crippen LogP contribution in [0.3, 0.4) is 0 Å². The summed E-state index contributed by atoms with van der Waals surface area (Å²) in [5, 5.41) is 17.4. The normalized spacial score (nSPS) is 22.9. The summed E-state index contributed by atoms with van der Waals surface area (Å²) >= 11 is 0. The van der Waals surface area contributed by atoms with E-state index in [1.807, 2.05) is 0 Å². The highest BCUT2D eigenvalue weighted by molar-refractivity contribution is 5.47. The summed E-state index contributed by atoms with van der Waals surface area (Å²) in [6.45, 7) is 6.84. The Morgan fingerprint density at radius 2 is 1.65 bits per heavy atom. The quantitative estimate of drug-likeness (QED) is 0.603. The Balaban J connectivity index is 0.000000149. The van der Waals surface area contributed by atoms with Gasteiger partial charge in [0.2, 0.25) is 0 Å². The lowest BCUT2D eigenvalue weighted by Gasteiger charge is -2.02. The zero-order chi connectivity index (χ0) is 14.4. The van der Waals surface area contributed by atoms with Gasteiger partial charge in [0.1, 0.15) is 12.2 Å². The van der Waals surface area contributed by atoms with E-state index in [1.54, 1.807) is 30.3 Å². The van der Waals surface area contributed by atoms with Crippen LogP contribution in [0.1, 0.15) is 17.4 Å². The maximum atomic E-state index is 8.72. The number of ether oxygens (including phenoxy) is 3. The predicted octanol–water partition coefficient (Wildman–Crippen LogP) is 1.11. The number of hydrogen-bond acceptors (Lipinski definition) is 5. The zero-order valence-electron chi connectivity index (χ0n) is 11.3. The molecule has 2 saturated heterocycles. The molecule has 2 aliphatic rings. The van der Waals surface area contributed by atoms with Crippen molar-refractivity contribution in [3.05, 3.63) is 42.0 Å². The second-order valence-corrected chi connectivity index (χ2v) is 4.69. The second-order valence-electron chi connectivity index (χ2n) is 4.69. The highest BCUT2D eigenvalue weighted by atomic mass is 16.6. The molecule has 0 radical (unpaired) electrons. The first kappa shape index (κ1) is 15.2. The van der Waals surface area contributed by atoms with Gasteiger partial charge in [-0.3, -0.25) is 0 Å². The summed E-state index contributed by atoms with van der Waals surface area (Å²) in [6.07, 6.45) is 1.11. The van der Waals surface area contributed by atoms with Crippen molar-refractivity contribution >= 4 is 6.08 Å². The molecule has 0 saturated carbocycles. The van der Waals surface area contributed by atoms with Crippen molar-refractivity contribution in [2.75, 3.05) is 26.4 Å². The largest absolute Gasteiger partial charge is 0.376 e. The molecule has 5 heteroatoms. The van der Waals surface area contributed by atoms with Crippen LogP contribution in [0.25, 0.3) is 6.08 Å². The maximum Gasteiger partial charge on any atom is 0.178 e. The molecule has 2 N–H and O–H groups in total. The first-order chi connectivity index (χ1) is 9.69. The number of aliphatic hydroxyl groups is 2. The van der Waals surface area contributed by atoms with Crippen LogP contribution in [-0.2, 0) is 14.2 Å². The second kappa shape index (κ2) is 7.52. The molecule has 0 spiro atoms. The van der Waals surface area contributed by atoms with Gasteiger partial charge in [0.05, 0.1) is 26.4 Å². The van der Waals surface area contributed by atoms with Crippen molar-refractivity contribution < 1.29 is 24.4 Å². The van der Waals surface area contributed by atoms with E-state index in [-0.39, 0.29) is 0 Å². The number of epoxide rings is 2. The van der Waals surface area contributed by atoms with Crippen molar-refractivity contribution in [1.82, 2.24) is 0 Å². The molecule has 0 bridgehead atoms. The van der Waals surface area contributed by atoms with Crippen molar-refractivity contribution in [2.45, 2.75) is 18.5 Å². The van der Waals surface area contributed by atoms with Crippen LogP contribution in [0.4, 0.5) is 0 Å². The lowest BCUT2D eigenvalue weighted by molar-refractivity contribution is -0.0424. The van der Waals surface area contributed by atoms with E-state index < -0.39 is 6.29 Å². The first-order valence-electron chi connectivity index (χ1n) is 6.58. The minimum Gasteiger partial charge on any atom is -0.376 e. The topological polar surface area (TPSA) is 74.8 Å². The third-order valence-electron chi connectivity index (χ3n) is 2.88. The Labute approximate surface area is 118 Å². The molecule has 5 nitrogen and oxygen atoms in total. The molecule has 110 valence electrons. The van der Waals surface area contributed by atoms with Crippen molar-refractivity contribution in [3.8, 4) is 0 Å². The molecule has 20 heavy (non-hydrogen) atoms. The number of aliphatic hydroxyl groups excluding tert-OH is 1. The minimum atomic E-state index is -1.38. The number of hydrogen-bond donors (Lipinski definition) is 2. The zero-order valence-corrected chi connectivity index (χ0v) is 11.3. The maximum absolute atomic E-state index is 8.72. The van der Waals surface area contributed by atoms with E-state index in [1.165, 1.54) is 0 Å². The SMILES string of the molecule is C(OCC1CO1)C1CO1.C=Cc1ccc(C(O)O)cc1. The minimum absolute atomic E-state index is 0.392. The van der Waals surface area contributed by atoms with Gasteiger partial charge < -0.3 is 24.4 Å². The van der Waals surface area contributed by atoms with Gasteiger partial charge in [-0.1, -0.05) is 36.9 Å². The molecule has 2 aliphatic heterocycles. The number of rotatable bonds is 6. The summed E-state index contributed by atoms with van der Waals surface area (Å²) in [4.78, 5) is 0. The smallest absolute Gasteiger partial charge is 0.178 e.